The van der Waals surface area contributed by atoms with Gasteiger partial charge in [0.1, 0.15) is 5.75 Å². The van der Waals surface area contributed by atoms with E-state index < -0.39 is 0 Å². The van der Waals surface area contributed by atoms with Crippen LogP contribution in [0, 0.1) is 6.92 Å². The number of aromatic nitrogens is 1. The molecule has 0 aliphatic carbocycles. The maximum absolute atomic E-state index is 11.6. The van der Waals surface area contributed by atoms with Gasteiger partial charge in [-0.15, -0.1) is 0 Å². The van der Waals surface area contributed by atoms with Crippen LogP contribution in [0.5, 0.6) is 5.75 Å². The number of likely N-dealkylation sites (tertiary alicyclic amines) is 1. The van der Waals surface area contributed by atoms with Crippen LogP contribution in [-0.2, 0) is 0 Å². The Morgan fingerprint density at radius 1 is 1.21 bits per heavy atom. The maximum atomic E-state index is 11.6. The number of nitrogens with one attached hydrogen (secondary N) is 2. The van der Waals surface area contributed by atoms with Crippen LogP contribution in [0.1, 0.15) is 65.6 Å². The first kappa shape index (κ1) is 23.5. The van der Waals surface area contributed by atoms with Crippen LogP contribution in [0.3, 0.4) is 0 Å². The van der Waals surface area contributed by atoms with Crippen LogP contribution >= 0.6 is 0 Å². The molecule has 2 N–H and O–H groups in total. The fourth-order valence-corrected chi connectivity index (χ4v) is 5.37. The van der Waals surface area contributed by atoms with Crippen molar-refractivity contribution in [1.82, 2.24) is 15.2 Å². The fourth-order valence-electron chi connectivity index (χ4n) is 5.37. The number of hydrogen-bond acceptors (Lipinski definition) is 4. The molecule has 2 heterocycles. The molecule has 1 saturated heterocycles. The van der Waals surface area contributed by atoms with Crippen LogP contribution in [0.25, 0.3) is 22.2 Å². The minimum atomic E-state index is 0.356. The van der Waals surface area contributed by atoms with E-state index >= 15 is 0 Å². The highest BCUT2D eigenvalue weighted by Gasteiger charge is 2.24. The average Bonchev–Trinajstić information content (AvgIpc) is 3.20. The molecule has 1 aliphatic heterocycles. The number of benzene rings is 2. The number of H-pyrrole nitrogens is 1. The zero-order valence-electron chi connectivity index (χ0n) is 20.6. The first-order valence-electron chi connectivity index (χ1n) is 12.1. The van der Waals surface area contributed by atoms with Crippen molar-refractivity contribution < 1.29 is 9.53 Å². The largest absolute Gasteiger partial charge is 0.496 e. The van der Waals surface area contributed by atoms with Crippen molar-refractivity contribution in [1.29, 1.82) is 0 Å². The van der Waals surface area contributed by atoms with Crippen LogP contribution in [0.4, 0.5) is 0 Å². The number of carbonyl (C=O) groups excluding carboxylic acids is 1. The molecule has 0 bridgehead atoms. The van der Waals surface area contributed by atoms with Gasteiger partial charge in [0.15, 0.2) is 6.29 Å². The van der Waals surface area contributed by atoms with Gasteiger partial charge in [-0.05, 0) is 104 Å². The second-order valence-electron chi connectivity index (χ2n) is 9.62. The quantitative estimate of drug-likeness (QED) is 0.449. The van der Waals surface area contributed by atoms with Crippen molar-refractivity contribution in [3.63, 3.8) is 0 Å². The van der Waals surface area contributed by atoms with Gasteiger partial charge in [-0.2, -0.15) is 0 Å². The van der Waals surface area contributed by atoms with E-state index in [-0.39, 0.29) is 0 Å². The van der Waals surface area contributed by atoms with Gasteiger partial charge < -0.3 is 19.9 Å². The number of ether oxygens (including phenoxy) is 1. The van der Waals surface area contributed by atoms with E-state index in [1.807, 2.05) is 25.2 Å². The summed E-state index contributed by atoms with van der Waals surface area (Å²) in [7, 11) is 3.62. The second kappa shape index (κ2) is 10.1. The predicted molar refractivity (Wildman–Crippen MR) is 137 cm³/mol. The minimum absolute atomic E-state index is 0.356. The van der Waals surface area contributed by atoms with E-state index in [1.54, 1.807) is 7.11 Å². The highest BCUT2D eigenvalue weighted by atomic mass is 16.5. The third-order valence-electron chi connectivity index (χ3n) is 7.15. The van der Waals surface area contributed by atoms with Gasteiger partial charge in [0.2, 0.25) is 0 Å². The molecule has 1 aromatic heterocycles. The van der Waals surface area contributed by atoms with Gasteiger partial charge in [0.25, 0.3) is 0 Å². The monoisotopic (exact) mass is 447 g/mol. The van der Waals surface area contributed by atoms with Crippen molar-refractivity contribution in [3.05, 3.63) is 52.6 Å². The van der Waals surface area contributed by atoms with Gasteiger partial charge in [-0.1, -0.05) is 13.8 Å². The lowest BCUT2D eigenvalue weighted by atomic mass is 9.85. The third kappa shape index (κ3) is 4.71. The Labute approximate surface area is 197 Å². The molecule has 5 heteroatoms. The summed E-state index contributed by atoms with van der Waals surface area (Å²) >= 11 is 0. The van der Waals surface area contributed by atoms with Crippen molar-refractivity contribution in [2.45, 2.75) is 45.4 Å². The summed E-state index contributed by atoms with van der Waals surface area (Å²) < 4.78 is 5.34. The molecule has 0 unspecified atom stereocenters. The molecular weight excluding hydrogens is 410 g/mol. The number of likely N-dealkylation sites (N-methyl/N-ethyl adjacent to an activating group) is 1. The number of methoxy groups -OCH3 is 1. The number of piperidine rings is 1. The van der Waals surface area contributed by atoms with Gasteiger partial charge in [0, 0.05) is 29.7 Å². The maximum Gasteiger partial charge on any atom is 0.153 e. The van der Waals surface area contributed by atoms with Crippen molar-refractivity contribution in [2.24, 2.45) is 0 Å². The minimum Gasteiger partial charge on any atom is -0.496 e. The zero-order chi connectivity index (χ0) is 23.5. The zero-order valence-corrected chi connectivity index (χ0v) is 20.6. The predicted octanol–water partition coefficient (Wildman–Crippen LogP) is 5.49. The van der Waals surface area contributed by atoms with E-state index in [1.165, 1.54) is 53.5 Å². The van der Waals surface area contributed by atoms with Gasteiger partial charge >= 0.3 is 0 Å². The molecule has 0 amide bonds. The van der Waals surface area contributed by atoms with Crippen LogP contribution in [0.15, 0.2) is 30.3 Å². The molecule has 0 saturated carbocycles. The van der Waals surface area contributed by atoms with Gasteiger partial charge in [-0.3, -0.25) is 4.79 Å². The number of nitrogens with zero attached hydrogens (tertiary/aromatic N) is 1. The first-order chi connectivity index (χ1) is 16.0. The molecule has 0 atom stereocenters. The van der Waals surface area contributed by atoms with Gasteiger partial charge in [-0.25, -0.2) is 0 Å². The lowest BCUT2D eigenvalue weighted by Gasteiger charge is -2.32. The molecule has 1 fully saturated rings. The summed E-state index contributed by atoms with van der Waals surface area (Å²) in [6, 6.07) is 10.6. The summed E-state index contributed by atoms with van der Waals surface area (Å²) in [5.74, 6) is 1.57. The Balaban J connectivity index is 1.72. The fraction of sp³-hybridized carbons (Fsp3) is 0.464. The van der Waals surface area contributed by atoms with E-state index in [4.69, 9.17) is 4.74 Å². The topological polar surface area (TPSA) is 57.4 Å². The summed E-state index contributed by atoms with van der Waals surface area (Å²) in [5, 5.41) is 4.57. The lowest BCUT2D eigenvalue weighted by molar-refractivity contribution is 0.112. The Hall–Kier alpha value is -2.63. The summed E-state index contributed by atoms with van der Waals surface area (Å²) in [6.45, 7) is 11.3. The molecule has 2 aromatic carbocycles. The molecule has 5 nitrogen and oxygen atoms in total. The number of aromatic amines is 1. The Morgan fingerprint density at radius 2 is 1.97 bits per heavy atom. The molecular formula is C28H37N3O2. The van der Waals surface area contributed by atoms with Crippen LogP contribution in [-0.4, -0.2) is 56.5 Å². The second-order valence-corrected chi connectivity index (χ2v) is 9.62. The third-order valence-corrected chi connectivity index (χ3v) is 7.15. The molecule has 176 valence electrons. The van der Waals surface area contributed by atoms with Crippen LogP contribution < -0.4 is 10.1 Å². The summed E-state index contributed by atoms with van der Waals surface area (Å²) in [4.78, 5) is 17.9. The van der Waals surface area contributed by atoms with E-state index in [9.17, 15) is 4.79 Å². The molecule has 1 aliphatic rings. The van der Waals surface area contributed by atoms with E-state index in [0.29, 0.717) is 23.1 Å². The smallest absolute Gasteiger partial charge is 0.153 e. The molecule has 0 radical (unpaired) electrons. The molecule has 4 rings (SSSR count). The molecule has 3 aromatic rings. The Kier molecular flexibility index (Phi) is 7.20. The number of carbonyl (C=O) groups is 1. The van der Waals surface area contributed by atoms with Crippen molar-refractivity contribution in [2.75, 3.05) is 40.3 Å². The average molecular weight is 448 g/mol. The standard InChI is InChI=1S/C28H37N3O2/c1-18(2)27-24-16-23(20-8-11-31(12-9-20)13-10-29-4)19(3)14-25(24)30-28(27)21-6-7-26(33-5)22(15-21)17-32/h6-7,14-18,20,29-30H,8-13H2,1-5H3. The van der Waals surface area contributed by atoms with Crippen LogP contribution in [0.2, 0.25) is 0 Å². The summed E-state index contributed by atoms with van der Waals surface area (Å²) in [5.41, 5.74) is 8.04. The summed E-state index contributed by atoms with van der Waals surface area (Å²) in [6.07, 6.45) is 3.29. The van der Waals surface area contributed by atoms with E-state index in [2.05, 4.69) is 48.1 Å². The highest BCUT2D eigenvalue weighted by molar-refractivity contribution is 5.93. The SMILES string of the molecule is CNCCN1CCC(c2cc3c(C(C)C)c(-c4ccc(OC)c(C=O)c4)[nH]c3cc2C)CC1. The first-order valence-corrected chi connectivity index (χ1v) is 12.1. The number of fused-ring (bicyclic) bond motifs is 1. The van der Waals surface area contributed by atoms with Gasteiger partial charge in [0.05, 0.1) is 12.7 Å². The van der Waals surface area contributed by atoms with Crippen molar-refractivity contribution >= 4 is 17.2 Å². The van der Waals surface area contributed by atoms with E-state index in [0.717, 1.165) is 30.6 Å². The number of rotatable bonds is 8. The number of aryl methyl sites for hydroxylation is 1. The highest BCUT2D eigenvalue weighted by Crippen LogP contribution is 2.40. The Bertz CT molecular complexity index is 1120. The lowest BCUT2D eigenvalue weighted by Crippen LogP contribution is -2.37. The molecule has 33 heavy (non-hydrogen) atoms. The number of aldehydes is 1. The van der Waals surface area contributed by atoms with Crippen molar-refractivity contribution in [3.8, 4) is 17.0 Å². The number of hydrogen-bond donors (Lipinski definition) is 2. The normalized spacial score (nSPS) is 15.5. The molecule has 0 spiro atoms. The Morgan fingerprint density at radius 3 is 2.61 bits per heavy atom.